The van der Waals surface area contributed by atoms with Crippen molar-refractivity contribution in [2.24, 2.45) is 0 Å². The van der Waals surface area contributed by atoms with E-state index < -0.39 is 11.7 Å². The van der Waals surface area contributed by atoms with Crippen LogP contribution < -0.4 is 0 Å². The van der Waals surface area contributed by atoms with E-state index in [1.807, 2.05) is 17.5 Å². The number of aliphatic hydroxyl groups excluding tert-OH is 1. The van der Waals surface area contributed by atoms with Crippen LogP contribution in [0, 0.1) is 11.8 Å². The molecular formula is C10H12O2S. The Morgan fingerprint density at radius 2 is 2.23 bits per heavy atom. The predicted octanol–water partition coefficient (Wildman–Crippen LogP) is 1.56. The van der Waals surface area contributed by atoms with Crippen LogP contribution in [0.5, 0.6) is 0 Å². The van der Waals surface area contributed by atoms with Crippen molar-refractivity contribution >= 4 is 11.3 Å². The van der Waals surface area contributed by atoms with Crippen LogP contribution in [0.15, 0.2) is 17.5 Å². The molecule has 1 heterocycles. The van der Waals surface area contributed by atoms with Crippen molar-refractivity contribution in [3.8, 4) is 11.8 Å². The quantitative estimate of drug-likeness (QED) is 0.669. The predicted molar refractivity (Wildman–Crippen MR) is 53.4 cm³/mol. The fraction of sp³-hybridized carbons (Fsp3) is 0.400. The van der Waals surface area contributed by atoms with Crippen molar-refractivity contribution in [3.05, 3.63) is 22.4 Å². The highest BCUT2D eigenvalue weighted by molar-refractivity contribution is 7.10. The molecule has 13 heavy (non-hydrogen) atoms. The molecule has 0 bridgehead atoms. The Kier molecular flexibility index (Phi) is 3.10. The summed E-state index contributed by atoms with van der Waals surface area (Å²) in [5.74, 6) is 5.16. The van der Waals surface area contributed by atoms with Gasteiger partial charge in [-0.1, -0.05) is 17.9 Å². The molecule has 1 unspecified atom stereocenters. The van der Waals surface area contributed by atoms with Gasteiger partial charge in [0, 0.05) is 4.88 Å². The van der Waals surface area contributed by atoms with Gasteiger partial charge < -0.3 is 10.2 Å². The molecule has 0 aliphatic carbocycles. The van der Waals surface area contributed by atoms with Gasteiger partial charge in [0.15, 0.2) is 0 Å². The minimum Gasteiger partial charge on any atom is -0.378 e. The molecule has 0 amide bonds. The molecular weight excluding hydrogens is 184 g/mol. The maximum absolute atomic E-state index is 9.50. The van der Waals surface area contributed by atoms with E-state index in [0.29, 0.717) is 0 Å². The first-order valence-corrected chi connectivity index (χ1v) is 4.83. The van der Waals surface area contributed by atoms with Crippen LogP contribution >= 0.6 is 11.3 Å². The molecule has 0 fully saturated rings. The van der Waals surface area contributed by atoms with Gasteiger partial charge in [0.05, 0.1) is 0 Å². The summed E-state index contributed by atoms with van der Waals surface area (Å²) in [7, 11) is 0. The van der Waals surface area contributed by atoms with E-state index in [0.717, 1.165) is 4.88 Å². The van der Waals surface area contributed by atoms with Crippen molar-refractivity contribution in [2.75, 3.05) is 0 Å². The van der Waals surface area contributed by atoms with Gasteiger partial charge >= 0.3 is 0 Å². The third-order valence-electron chi connectivity index (χ3n) is 1.33. The minimum absolute atomic E-state index is 0.786. The third kappa shape index (κ3) is 3.60. The number of thiophene rings is 1. The third-order valence-corrected chi connectivity index (χ3v) is 2.25. The standard InChI is InChI=1S/C10H12O2S/c1-10(2,12)6-5-8(11)9-4-3-7-13-9/h3-4,7-8,11-12H,1-2H3. The summed E-state index contributed by atoms with van der Waals surface area (Å²) in [6.45, 7) is 3.17. The van der Waals surface area contributed by atoms with Gasteiger partial charge in [0.25, 0.3) is 0 Å². The second-order valence-electron chi connectivity index (χ2n) is 3.25. The summed E-state index contributed by atoms with van der Waals surface area (Å²) in [5.41, 5.74) is -1.04. The zero-order valence-electron chi connectivity index (χ0n) is 7.61. The number of hydrogen-bond acceptors (Lipinski definition) is 3. The lowest BCUT2D eigenvalue weighted by atomic mass is 10.1. The van der Waals surface area contributed by atoms with Crippen molar-refractivity contribution in [2.45, 2.75) is 25.6 Å². The molecule has 2 nitrogen and oxygen atoms in total. The molecule has 3 heteroatoms. The van der Waals surface area contributed by atoms with Gasteiger partial charge in [0.1, 0.15) is 11.7 Å². The molecule has 0 aliphatic rings. The average molecular weight is 196 g/mol. The fourth-order valence-corrected chi connectivity index (χ4v) is 1.42. The molecule has 0 radical (unpaired) electrons. The van der Waals surface area contributed by atoms with E-state index in [2.05, 4.69) is 11.8 Å². The largest absolute Gasteiger partial charge is 0.378 e. The zero-order valence-corrected chi connectivity index (χ0v) is 8.43. The molecule has 0 aliphatic heterocycles. The molecule has 1 rings (SSSR count). The first kappa shape index (κ1) is 10.3. The molecule has 0 aromatic carbocycles. The second-order valence-corrected chi connectivity index (χ2v) is 4.23. The summed E-state index contributed by atoms with van der Waals surface area (Å²) in [6, 6.07) is 3.67. The van der Waals surface area contributed by atoms with E-state index in [9.17, 15) is 10.2 Å². The summed E-state index contributed by atoms with van der Waals surface area (Å²) in [4.78, 5) is 0.803. The van der Waals surface area contributed by atoms with Gasteiger partial charge in [-0.3, -0.25) is 0 Å². The van der Waals surface area contributed by atoms with E-state index in [1.165, 1.54) is 11.3 Å². The smallest absolute Gasteiger partial charge is 0.149 e. The lowest BCUT2D eigenvalue weighted by Crippen LogP contribution is -2.15. The van der Waals surface area contributed by atoms with Crippen LogP contribution in [0.3, 0.4) is 0 Å². The highest BCUT2D eigenvalue weighted by atomic mass is 32.1. The van der Waals surface area contributed by atoms with Crippen LogP contribution in [0.25, 0.3) is 0 Å². The molecule has 1 aromatic rings. The van der Waals surface area contributed by atoms with Crippen LogP contribution in [-0.4, -0.2) is 15.8 Å². The minimum atomic E-state index is -1.04. The Hall–Kier alpha value is -0.820. The zero-order chi connectivity index (χ0) is 9.90. The molecule has 2 N–H and O–H groups in total. The Morgan fingerprint density at radius 3 is 2.69 bits per heavy atom. The fourth-order valence-electron chi connectivity index (χ4n) is 0.763. The van der Waals surface area contributed by atoms with E-state index in [-0.39, 0.29) is 0 Å². The van der Waals surface area contributed by atoms with Crippen molar-refractivity contribution in [3.63, 3.8) is 0 Å². The molecule has 1 atom stereocenters. The molecule has 0 saturated heterocycles. The molecule has 0 spiro atoms. The Morgan fingerprint density at radius 1 is 1.54 bits per heavy atom. The number of aliphatic hydroxyl groups is 2. The van der Waals surface area contributed by atoms with Gasteiger partial charge in [-0.15, -0.1) is 11.3 Å². The topological polar surface area (TPSA) is 40.5 Å². The lowest BCUT2D eigenvalue weighted by molar-refractivity contribution is 0.142. The molecule has 0 saturated carbocycles. The highest BCUT2D eigenvalue weighted by Gasteiger charge is 2.08. The Balaban J connectivity index is 2.69. The Labute approximate surface area is 81.8 Å². The van der Waals surface area contributed by atoms with Gasteiger partial charge in [-0.25, -0.2) is 0 Å². The van der Waals surface area contributed by atoms with Crippen LogP contribution in [-0.2, 0) is 0 Å². The first-order chi connectivity index (χ1) is 5.99. The van der Waals surface area contributed by atoms with Crippen LogP contribution in [0.1, 0.15) is 24.8 Å². The average Bonchev–Trinajstić information content (AvgIpc) is 2.50. The maximum Gasteiger partial charge on any atom is 0.149 e. The van der Waals surface area contributed by atoms with Gasteiger partial charge in [-0.05, 0) is 25.3 Å². The van der Waals surface area contributed by atoms with Crippen molar-refractivity contribution in [1.82, 2.24) is 0 Å². The summed E-state index contributed by atoms with van der Waals surface area (Å²) in [5, 5.41) is 20.7. The van der Waals surface area contributed by atoms with Crippen molar-refractivity contribution < 1.29 is 10.2 Å². The Bertz CT molecular complexity index is 311. The van der Waals surface area contributed by atoms with Gasteiger partial charge in [-0.2, -0.15) is 0 Å². The van der Waals surface area contributed by atoms with Crippen LogP contribution in [0.4, 0.5) is 0 Å². The van der Waals surface area contributed by atoms with Crippen LogP contribution in [0.2, 0.25) is 0 Å². The summed E-state index contributed by atoms with van der Waals surface area (Å²) < 4.78 is 0. The first-order valence-electron chi connectivity index (χ1n) is 3.95. The number of rotatable bonds is 1. The van der Waals surface area contributed by atoms with Crippen molar-refractivity contribution in [1.29, 1.82) is 0 Å². The molecule has 1 aromatic heterocycles. The van der Waals surface area contributed by atoms with Gasteiger partial charge in [0.2, 0.25) is 0 Å². The monoisotopic (exact) mass is 196 g/mol. The second kappa shape index (κ2) is 3.93. The highest BCUT2D eigenvalue weighted by Crippen LogP contribution is 2.17. The number of hydrogen-bond donors (Lipinski definition) is 2. The maximum atomic E-state index is 9.50. The van der Waals surface area contributed by atoms with E-state index >= 15 is 0 Å². The SMILES string of the molecule is CC(C)(O)C#CC(O)c1cccs1. The molecule has 70 valence electrons. The normalized spacial score (nSPS) is 13.2. The van der Waals surface area contributed by atoms with E-state index in [4.69, 9.17) is 0 Å². The lowest BCUT2D eigenvalue weighted by Gasteiger charge is -2.07. The summed E-state index contributed by atoms with van der Waals surface area (Å²) in [6.07, 6.45) is -0.786. The van der Waals surface area contributed by atoms with E-state index in [1.54, 1.807) is 13.8 Å². The summed E-state index contributed by atoms with van der Waals surface area (Å²) >= 11 is 1.45.